The van der Waals surface area contributed by atoms with Gasteiger partial charge >= 0.3 is 0 Å². The number of aryl methyl sites for hydroxylation is 1. The lowest BCUT2D eigenvalue weighted by molar-refractivity contribution is 0.454. The predicted octanol–water partition coefficient (Wildman–Crippen LogP) is 1.57. The molecule has 0 spiro atoms. The second kappa shape index (κ2) is 6.93. The van der Waals surface area contributed by atoms with Crippen LogP contribution < -0.4 is 5.32 Å². The van der Waals surface area contributed by atoms with E-state index >= 15 is 0 Å². The van der Waals surface area contributed by atoms with Crippen LogP contribution in [0.1, 0.15) is 18.2 Å². The maximum atomic E-state index is 13.0. The van der Waals surface area contributed by atoms with Gasteiger partial charge in [0.15, 0.2) is 19.7 Å². The normalized spacial score (nSPS) is 22.9. The summed E-state index contributed by atoms with van der Waals surface area (Å²) in [6.45, 7) is 2.27. The predicted molar refractivity (Wildman–Crippen MR) is 94.8 cm³/mol. The van der Waals surface area contributed by atoms with Crippen LogP contribution in [0.2, 0.25) is 0 Å². The van der Waals surface area contributed by atoms with E-state index in [1.54, 1.807) is 36.4 Å². The summed E-state index contributed by atoms with van der Waals surface area (Å²) in [7, 11) is -7.16. The van der Waals surface area contributed by atoms with Crippen LogP contribution in [0.5, 0.6) is 0 Å². The first-order chi connectivity index (χ1) is 11.8. The van der Waals surface area contributed by atoms with Crippen LogP contribution in [0, 0.1) is 0 Å². The lowest BCUT2D eigenvalue weighted by Gasteiger charge is -2.19. The lowest BCUT2D eigenvalue weighted by atomic mass is 10.2. The Labute approximate surface area is 148 Å². The van der Waals surface area contributed by atoms with E-state index in [0.29, 0.717) is 5.76 Å². The van der Waals surface area contributed by atoms with E-state index in [4.69, 9.17) is 4.42 Å². The highest BCUT2D eigenvalue weighted by Crippen LogP contribution is 2.26. The number of hydrogen-bond donors (Lipinski definition) is 1. The second-order valence-electron chi connectivity index (χ2n) is 6.22. The highest BCUT2D eigenvalue weighted by Gasteiger charge is 2.45. The van der Waals surface area contributed by atoms with Crippen LogP contribution >= 0.6 is 0 Å². The molecule has 0 saturated carbocycles. The lowest BCUT2D eigenvalue weighted by Crippen LogP contribution is -2.42. The van der Waals surface area contributed by atoms with Gasteiger partial charge in [-0.3, -0.25) is 0 Å². The molecular formula is C17H21NO5S2. The fourth-order valence-electron chi connectivity index (χ4n) is 3.05. The van der Waals surface area contributed by atoms with Gasteiger partial charge in [0.05, 0.1) is 34.5 Å². The molecule has 2 heterocycles. The minimum Gasteiger partial charge on any atom is -0.468 e. The maximum absolute atomic E-state index is 13.0. The van der Waals surface area contributed by atoms with E-state index in [1.165, 1.54) is 6.26 Å². The number of hydrogen-bond acceptors (Lipinski definition) is 6. The number of benzene rings is 1. The second-order valence-corrected chi connectivity index (χ2v) is 10.5. The standard InChI is InChI=1S/C17H21NO5S2/c1-2-13-5-7-15(8-6-13)25(21,22)17-12-24(19,20)11-16(17)18-10-14-4-3-9-23-14/h3-9,16-18H,2,10-12H2,1H3/t16-,17+/m0/s1. The van der Waals surface area contributed by atoms with Crippen LogP contribution in [0.4, 0.5) is 0 Å². The first-order valence-corrected chi connectivity index (χ1v) is 11.5. The number of sulfone groups is 2. The van der Waals surface area contributed by atoms with Gasteiger partial charge in [0.2, 0.25) is 0 Å². The van der Waals surface area contributed by atoms with Crippen LogP contribution in [0.15, 0.2) is 52.0 Å². The van der Waals surface area contributed by atoms with Gasteiger partial charge in [-0.15, -0.1) is 0 Å². The van der Waals surface area contributed by atoms with E-state index in [-0.39, 0.29) is 22.9 Å². The van der Waals surface area contributed by atoms with Gasteiger partial charge in [-0.05, 0) is 36.2 Å². The molecule has 1 aliphatic heterocycles. The first kappa shape index (κ1) is 18.2. The molecule has 8 heteroatoms. The van der Waals surface area contributed by atoms with Crippen molar-refractivity contribution in [2.45, 2.75) is 36.1 Å². The molecule has 1 aliphatic rings. The van der Waals surface area contributed by atoms with Gasteiger partial charge in [-0.1, -0.05) is 19.1 Å². The molecule has 1 fully saturated rings. The Bertz CT molecular complexity index is 916. The summed E-state index contributed by atoms with van der Waals surface area (Å²) in [4.78, 5) is 0.164. The van der Waals surface area contributed by atoms with E-state index in [0.717, 1.165) is 12.0 Å². The minimum absolute atomic E-state index is 0.164. The Morgan fingerprint density at radius 3 is 2.48 bits per heavy atom. The molecule has 0 unspecified atom stereocenters. The molecule has 2 aromatic rings. The van der Waals surface area contributed by atoms with Crippen molar-refractivity contribution in [1.82, 2.24) is 5.32 Å². The summed E-state index contributed by atoms with van der Waals surface area (Å²) in [5.74, 6) is 0.0819. The van der Waals surface area contributed by atoms with Crippen LogP contribution in [-0.4, -0.2) is 39.6 Å². The van der Waals surface area contributed by atoms with Gasteiger partial charge in [-0.25, -0.2) is 16.8 Å². The topological polar surface area (TPSA) is 93.5 Å². The molecule has 6 nitrogen and oxygen atoms in total. The van der Waals surface area contributed by atoms with Crippen LogP contribution in [0.3, 0.4) is 0 Å². The van der Waals surface area contributed by atoms with Gasteiger partial charge in [0.1, 0.15) is 5.76 Å². The molecule has 2 atom stereocenters. The smallest absolute Gasteiger partial charge is 0.183 e. The molecule has 25 heavy (non-hydrogen) atoms. The van der Waals surface area contributed by atoms with E-state index in [2.05, 4.69) is 5.32 Å². The van der Waals surface area contributed by atoms with Crippen molar-refractivity contribution in [3.05, 3.63) is 54.0 Å². The van der Waals surface area contributed by atoms with Gasteiger partial charge in [-0.2, -0.15) is 0 Å². The van der Waals surface area contributed by atoms with Gasteiger partial charge < -0.3 is 9.73 Å². The first-order valence-electron chi connectivity index (χ1n) is 8.11. The Hall–Kier alpha value is -1.64. The average Bonchev–Trinajstić information content (AvgIpc) is 3.20. The summed E-state index contributed by atoms with van der Waals surface area (Å²) in [5, 5.41) is 2.04. The number of furan rings is 1. The molecule has 136 valence electrons. The molecule has 1 saturated heterocycles. The van der Waals surface area contributed by atoms with Crippen LogP contribution in [0.25, 0.3) is 0 Å². The third kappa shape index (κ3) is 3.96. The zero-order valence-electron chi connectivity index (χ0n) is 13.9. The Morgan fingerprint density at radius 1 is 1.16 bits per heavy atom. The fourth-order valence-corrected chi connectivity index (χ4v) is 7.76. The monoisotopic (exact) mass is 383 g/mol. The minimum atomic E-state index is -3.75. The fraction of sp³-hybridized carbons (Fsp3) is 0.412. The molecule has 1 aromatic heterocycles. The van der Waals surface area contributed by atoms with Crippen molar-refractivity contribution in [2.75, 3.05) is 11.5 Å². The van der Waals surface area contributed by atoms with E-state index < -0.39 is 31.0 Å². The molecule has 1 N–H and O–H groups in total. The molecule has 0 amide bonds. The highest BCUT2D eigenvalue weighted by molar-refractivity contribution is 7.96. The number of nitrogens with one attached hydrogen (secondary N) is 1. The largest absolute Gasteiger partial charge is 0.468 e. The summed E-state index contributed by atoms with van der Waals surface area (Å²) in [5.41, 5.74) is 1.03. The van der Waals surface area contributed by atoms with Gasteiger partial charge in [0, 0.05) is 6.04 Å². The Kier molecular flexibility index (Phi) is 5.04. The Balaban J connectivity index is 1.85. The molecule has 1 aromatic carbocycles. The molecule has 0 radical (unpaired) electrons. The zero-order valence-corrected chi connectivity index (χ0v) is 15.5. The van der Waals surface area contributed by atoms with Crippen molar-refractivity contribution in [3.63, 3.8) is 0 Å². The van der Waals surface area contributed by atoms with Crippen molar-refractivity contribution in [3.8, 4) is 0 Å². The van der Waals surface area contributed by atoms with Crippen molar-refractivity contribution < 1.29 is 21.3 Å². The molecule has 3 rings (SSSR count). The Morgan fingerprint density at radius 2 is 1.88 bits per heavy atom. The van der Waals surface area contributed by atoms with Crippen molar-refractivity contribution in [1.29, 1.82) is 0 Å². The summed E-state index contributed by atoms with van der Waals surface area (Å²) >= 11 is 0. The summed E-state index contributed by atoms with van der Waals surface area (Å²) in [6, 6.07) is 9.47. The zero-order chi connectivity index (χ0) is 18.1. The molecular weight excluding hydrogens is 362 g/mol. The quantitative estimate of drug-likeness (QED) is 0.814. The van der Waals surface area contributed by atoms with E-state index in [9.17, 15) is 16.8 Å². The molecule has 0 bridgehead atoms. The van der Waals surface area contributed by atoms with Crippen molar-refractivity contribution >= 4 is 19.7 Å². The number of rotatable bonds is 6. The SMILES string of the molecule is CCc1ccc(S(=O)(=O)[C@@H]2CS(=O)(=O)C[C@@H]2NCc2ccco2)cc1. The van der Waals surface area contributed by atoms with E-state index in [1.807, 2.05) is 6.92 Å². The van der Waals surface area contributed by atoms with Crippen LogP contribution in [-0.2, 0) is 32.6 Å². The van der Waals surface area contributed by atoms with Gasteiger partial charge in [0.25, 0.3) is 0 Å². The summed E-state index contributed by atoms with van der Waals surface area (Å²) < 4.78 is 55.3. The third-order valence-electron chi connectivity index (χ3n) is 4.48. The van der Waals surface area contributed by atoms with Crippen molar-refractivity contribution in [2.24, 2.45) is 0 Å². The maximum Gasteiger partial charge on any atom is 0.183 e. The summed E-state index contributed by atoms with van der Waals surface area (Å²) in [6.07, 6.45) is 2.33. The third-order valence-corrected chi connectivity index (χ3v) is 8.64. The highest BCUT2D eigenvalue weighted by atomic mass is 32.2. The average molecular weight is 383 g/mol. The molecule has 0 aliphatic carbocycles.